The minimum Gasteiger partial charge on any atom is -0.337 e. The summed E-state index contributed by atoms with van der Waals surface area (Å²) in [4.78, 5) is 19.5. The molecule has 132 valence electrons. The van der Waals surface area contributed by atoms with Crippen molar-refractivity contribution in [2.75, 3.05) is 13.1 Å². The van der Waals surface area contributed by atoms with Gasteiger partial charge in [-0.15, -0.1) is 0 Å². The van der Waals surface area contributed by atoms with Crippen LogP contribution in [0, 0.1) is 0 Å². The summed E-state index contributed by atoms with van der Waals surface area (Å²) in [6.45, 7) is 3.89. The Bertz CT molecular complexity index is 956. The van der Waals surface area contributed by atoms with Gasteiger partial charge < -0.3 is 9.47 Å². The van der Waals surface area contributed by atoms with Gasteiger partial charge in [0.15, 0.2) is 0 Å². The van der Waals surface area contributed by atoms with E-state index in [4.69, 9.17) is 0 Å². The Morgan fingerprint density at radius 1 is 1.08 bits per heavy atom. The highest BCUT2D eigenvalue weighted by Gasteiger charge is 2.20. The van der Waals surface area contributed by atoms with E-state index in [1.807, 2.05) is 35.2 Å². The summed E-state index contributed by atoms with van der Waals surface area (Å²) in [5, 5.41) is 0. The Hall–Kier alpha value is -2.88. The van der Waals surface area contributed by atoms with E-state index in [0.717, 1.165) is 36.2 Å². The summed E-state index contributed by atoms with van der Waals surface area (Å²) in [6.07, 6.45) is 3.91. The van der Waals surface area contributed by atoms with Gasteiger partial charge in [0.1, 0.15) is 12.4 Å². The van der Waals surface area contributed by atoms with E-state index < -0.39 is 0 Å². The van der Waals surface area contributed by atoms with Crippen LogP contribution in [0.1, 0.15) is 24.7 Å². The molecule has 0 radical (unpaired) electrons. The monoisotopic (exact) mass is 345 g/mol. The zero-order chi connectivity index (χ0) is 17.9. The van der Waals surface area contributed by atoms with Gasteiger partial charge in [0.25, 0.3) is 0 Å². The molecule has 4 rings (SSSR count). The summed E-state index contributed by atoms with van der Waals surface area (Å²) in [5.41, 5.74) is 4.59. The first-order chi connectivity index (χ1) is 12.8. The molecular weight excluding hydrogens is 322 g/mol. The number of aromatic nitrogens is 2. The van der Waals surface area contributed by atoms with Crippen LogP contribution in [0.5, 0.6) is 0 Å². The molecular formula is C22H23N3O. The van der Waals surface area contributed by atoms with Crippen molar-refractivity contribution in [3.63, 3.8) is 0 Å². The van der Waals surface area contributed by atoms with Gasteiger partial charge in [-0.3, -0.25) is 4.79 Å². The molecule has 0 fully saturated rings. The standard InChI is InChI=1S/C22H23N3O/c1-2-21-23-19-10-6-7-11-20(19)25(21)16-22(26)24-14-12-18(13-15-24)17-8-4-3-5-9-17/h3-12H,2,13-16H2,1H3. The molecule has 0 unspecified atom stereocenters. The molecule has 2 heterocycles. The first-order valence-electron chi connectivity index (χ1n) is 9.22. The minimum absolute atomic E-state index is 0.159. The van der Waals surface area contributed by atoms with Crippen LogP contribution in [0.2, 0.25) is 0 Å². The van der Waals surface area contributed by atoms with Crippen LogP contribution < -0.4 is 0 Å². The largest absolute Gasteiger partial charge is 0.337 e. The van der Waals surface area contributed by atoms with Crippen molar-refractivity contribution in [2.24, 2.45) is 0 Å². The van der Waals surface area contributed by atoms with Gasteiger partial charge in [-0.25, -0.2) is 4.98 Å². The normalized spacial score (nSPS) is 14.5. The van der Waals surface area contributed by atoms with Gasteiger partial charge in [0, 0.05) is 19.5 Å². The molecule has 4 heteroatoms. The van der Waals surface area contributed by atoms with Crippen LogP contribution in [0.25, 0.3) is 16.6 Å². The predicted octanol–water partition coefficient (Wildman–Crippen LogP) is 3.91. The average Bonchev–Trinajstić information content (AvgIpc) is 3.06. The fourth-order valence-electron chi connectivity index (χ4n) is 3.62. The molecule has 3 aromatic rings. The van der Waals surface area contributed by atoms with Crippen molar-refractivity contribution >= 4 is 22.5 Å². The fraction of sp³-hybridized carbons (Fsp3) is 0.273. The number of imidazole rings is 1. The van der Waals surface area contributed by atoms with E-state index in [0.29, 0.717) is 13.1 Å². The lowest BCUT2D eigenvalue weighted by Gasteiger charge is -2.27. The number of carbonyl (C=O) groups is 1. The number of rotatable bonds is 4. The maximum absolute atomic E-state index is 12.9. The number of hydrogen-bond donors (Lipinski definition) is 0. The molecule has 0 bridgehead atoms. The molecule has 0 saturated carbocycles. The smallest absolute Gasteiger partial charge is 0.242 e. The zero-order valence-electron chi connectivity index (χ0n) is 15.1. The third-order valence-corrected chi connectivity index (χ3v) is 5.05. The molecule has 0 atom stereocenters. The fourth-order valence-corrected chi connectivity index (χ4v) is 3.62. The Balaban J connectivity index is 1.51. The summed E-state index contributed by atoms with van der Waals surface area (Å²) >= 11 is 0. The Labute approximate surface area is 153 Å². The Morgan fingerprint density at radius 2 is 1.85 bits per heavy atom. The molecule has 0 spiro atoms. The van der Waals surface area contributed by atoms with Crippen LogP contribution in [-0.4, -0.2) is 33.4 Å². The summed E-state index contributed by atoms with van der Waals surface area (Å²) in [7, 11) is 0. The molecule has 1 aromatic heterocycles. The number of nitrogens with zero attached hydrogens (tertiary/aromatic N) is 3. The van der Waals surface area contributed by atoms with E-state index in [1.54, 1.807) is 0 Å². The van der Waals surface area contributed by atoms with Gasteiger partial charge in [0.2, 0.25) is 5.91 Å². The van der Waals surface area contributed by atoms with Crippen molar-refractivity contribution in [3.8, 4) is 0 Å². The second-order valence-corrected chi connectivity index (χ2v) is 6.64. The van der Waals surface area contributed by atoms with Gasteiger partial charge in [-0.2, -0.15) is 0 Å². The average molecular weight is 345 g/mol. The van der Waals surface area contributed by atoms with Crippen molar-refractivity contribution in [1.29, 1.82) is 0 Å². The van der Waals surface area contributed by atoms with Crippen molar-refractivity contribution in [1.82, 2.24) is 14.5 Å². The molecule has 2 aromatic carbocycles. The van der Waals surface area contributed by atoms with E-state index in [-0.39, 0.29) is 5.91 Å². The summed E-state index contributed by atoms with van der Waals surface area (Å²) in [5.74, 6) is 1.13. The maximum atomic E-state index is 12.9. The van der Waals surface area contributed by atoms with Crippen LogP contribution >= 0.6 is 0 Å². The van der Waals surface area contributed by atoms with Crippen molar-refractivity contribution in [3.05, 3.63) is 72.1 Å². The second-order valence-electron chi connectivity index (χ2n) is 6.64. The van der Waals surface area contributed by atoms with E-state index in [9.17, 15) is 4.79 Å². The SMILES string of the molecule is CCc1nc2ccccc2n1CC(=O)N1CC=C(c2ccccc2)CC1. The van der Waals surface area contributed by atoms with Crippen LogP contribution in [0.15, 0.2) is 60.7 Å². The van der Waals surface area contributed by atoms with E-state index >= 15 is 0 Å². The van der Waals surface area contributed by atoms with E-state index in [1.165, 1.54) is 11.1 Å². The highest BCUT2D eigenvalue weighted by molar-refractivity contribution is 5.82. The van der Waals surface area contributed by atoms with Gasteiger partial charge in [0.05, 0.1) is 11.0 Å². The molecule has 1 aliphatic heterocycles. The molecule has 1 aliphatic rings. The maximum Gasteiger partial charge on any atom is 0.242 e. The highest BCUT2D eigenvalue weighted by Crippen LogP contribution is 2.23. The second kappa shape index (κ2) is 7.16. The number of carbonyl (C=O) groups excluding carboxylic acids is 1. The third kappa shape index (κ3) is 3.15. The molecule has 26 heavy (non-hydrogen) atoms. The quantitative estimate of drug-likeness (QED) is 0.719. The van der Waals surface area contributed by atoms with E-state index in [2.05, 4.69) is 46.8 Å². The van der Waals surface area contributed by atoms with Crippen molar-refractivity contribution in [2.45, 2.75) is 26.3 Å². The van der Waals surface area contributed by atoms with Gasteiger partial charge >= 0.3 is 0 Å². The third-order valence-electron chi connectivity index (χ3n) is 5.05. The van der Waals surface area contributed by atoms with Crippen LogP contribution in [-0.2, 0) is 17.8 Å². The lowest BCUT2D eigenvalue weighted by molar-refractivity contribution is -0.131. The zero-order valence-corrected chi connectivity index (χ0v) is 15.1. The first-order valence-corrected chi connectivity index (χ1v) is 9.22. The first kappa shape index (κ1) is 16.6. The Morgan fingerprint density at radius 3 is 2.58 bits per heavy atom. The van der Waals surface area contributed by atoms with Crippen LogP contribution in [0.4, 0.5) is 0 Å². The minimum atomic E-state index is 0.159. The predicted molar refractivity (Wildman–Crippen MR) is 105 cm³/mol. The van der Waals surface area contributed by atoms with Crippen molar-refractivity contribution < 1.29 is 4.79 Å². The number of aryl methyl sites for hydroxylation is 1. The molecule has 0 saturated heterocycles. The molecule has 0 aliphatic carbocycles. The van der Waals surface area contributed by atoms with Gasteiger partial charge in [-0.05, 0) is 29.7 Å². The topological polar surface area (TPSA) is 38.1 Å². The number of hydrogen-bond acceptors (Lipinski definition) is 2. The summed E-state index contributed by atoms with van der Waals surface area (Å²) < 4.78 is 2.06. The number of benzene rings is 2. The summed E-state index contributed by atoms with van der Waals surface area (Å²) in [6, 6.07) is 18.5. The highest BCUT2D eigenvalue weighted by atomic mass is 16.2. The number of para-hydroxylation sites is 2. The Kier molecular flexibility index (Phi) is 4.57. The molecule has 0 N–H and O–H groups in total. The molecule has 1 amide bonds. The van der Waals surface area contributed by atoms with Crippen LogP contribution in [0.3, 0.4) is 0 Å². The molecule has 4 nitrogen and oxygen atoms in total. The lowest BCUT2D eigenvalue weighted by Crippen LogP contribution is -2.37. The number of amides is 1. The van der Waals surface area contributed by atoms with Gasteiger partial charge in [-0.1, -0.05) is 55.5 Å². The lowest BCUT2D eigenvalue weighted by atomic mass is 9.99. The number of fused-ring (bicyclic) bond motifs is 1.